The van der Waals surface area contributed by atoms with Gasteiger partial charge >= 0.3 is 0 Å². The Hall–Kier alpha value is -1.79. The van der Waals surface area contributed by atoms with Crippen molar-refractivity contribution in [3.8, 4) is 0 Å². The van der Waals surface area contributed by atoms with Gasteiger partial charge in [-0.2, -0.15) is 0 Å². The van der Waals surface area contributed by atoms with Gasteiger partial charge in [-0.1, -0.05) is 0 Å². The standard InChI is InChI=1S/C5H6N6O/c1-4-7-8-5(12-4)2-11-3-6-9-10-11/h3H,2H2,1H3. The fraction of sp³-hybridized carbons (Fsp3) is 0.400. The van der Waals surface area contributed by atoms with Crippen molar-refractivity contribution in [3.63, 3.8) is 0 Å². The van der Waals surface area contributed by atoms with E-state index in [1.54, 1.807) is 6.92 Å². The zero-order valence-electron chi connectivity index (χ0n) is 6.38. The normalized spacial score (nSPS) is 10.4. The van der Waals surface area contributed by atoms with E-state index in [0.717, 1.165) is 0 Å². The van der Waals surface area contributed by atoms with E-state index in [1.165, 1.54) is 11.0 Å². The third-order valence-corrected chi connectivity index (χ3v) is 1.26. The molecule has 0 saturated heterocycles. The summed E-state index contributed by atoms with van der Waals surface area (Å²) >= 11 is 0. The van der Waals surface area contributed by atoms with Crippen LogP contribution in [0.15, 0.2) is 10.7 Å². The van der Waals surface area contributed by atoms with Gasteiger partial charge in [0.05, 0.1) is 0 Å². The molecule has 0 N–H and O–H groups in total. The molecule has 0 fully saturated rings. The van der Waals surface area contributed by atoms with Gasteiger partial charge in [0.2, 0.25) is 11.8 Å². The minimum absolute atomic E-state index is 0.411. The summed E-state index contributed by atoms with van der Waals surface area (Å²) < 4.78 is 6.63. The van der Waals surface area contributed by atoms with Crippen molar-refractivity contribution >= 4 is 0 Å². The Morgan fingerprint density at radius 1 is 1.50 bits per heavy atom. The summed E-state index contributed by atoms with van der Waals surface area (Å²) in [6, 6.07) is 0. The molecule has 0 spiro atoms. The lowest BCUT2D eigenvalue weighted by atomic mass is 10.6. The van der Waals surface area contributed by atoms with E-state index in [0.29, 0.717) is 18.3 Å². The van der Waals surface area contributed by atoms with Crippen molar-refractivity contribution < 1.29 is 4.42 Å². The molecule has 0 aliphatic rings. The molecule has 7 nitrogen and oxygen atoms in total. The molecule has 2 aromatic rings. The Kier molecular flexibility index (Phi) is 1.54. The largest absolute Gasteiger partial charge is 0.424 e. The quantitative estimate of drug-likeness (QED) is 0.593. The minimum Gasteiger partial charge on any atom is -0.424 e. The van der Waals surface area contributed by atoms with Crippen LogP contribution in [0.4, 0.5) is 0 Å². The van der Waals surface area contributed by atoms with Crippen LogP contribution in [0, 0.1) is 6.92 Å². The number of rotatable bonds is 2. The number of tetrazole rings is 1. The summed E-state index contributed by atoms with van der Waals surface area (Å²) in [4.78, 5) is 0. The Labute approximate surface area is 67.4 Å². The molecule has 2 heterocycles. The van der Waals surface area contributed by atoms with Crippen LogP contribution in [-0.4, -0.2) is 30.4 Å². The van der Waals surface area contributed by atoms with Crippen molar-refractivity contribution in [2.45, 2.75) is 13.5 Å². The number of hydrogen-bond donors (Lipinski definition) is 0. The van der Waals surface area contributed by atoms with Crippen LogP contribution in [0.2, 0.25) is 0 Å². The second-order valence-corrected chi connectivity index (χ2v) is 2.22. The van der Waals surface area contributed by atoms with Crippen LogP contribution in [0.1, 0.15) is 11.8 Å². The van der Waals surface area contributed by atoms with Gasteiger partial charge in [0, 0.05) is 6.92 Å². The zero-order chi connectivity index (χ0) is 8.39. The average molecular weight is 166 g/mol. The molecule has 2 rings (SSSR count). The van der Waals surface area contributed by atoms with Gasteiger partial charge < -0.3 is 4.42 Å². The van der Waals surface area contributed by atoms with E-state index in [9.17, 15) is 0 Å². The van der Waals surface area contributed by atoms with Crippen LogP contribution in [0.25, 0.3) is 0 Å². The van der Waals surface area contributed by atoms with E-state index in [4.69, 9.17) is 4.42 Å². The van der Waals surface area contributed by atoms with Gasteiger partial charge in [0.25, 0.3) is 0 Å². The molecular formula is C5H6N6O. The Morgan fingerprint density at radius 3 is 3.00 bits per heavy atom. The van der Waals surface area contributed by atoms with E-state index in [2.05, 4.69) is 25.7 Å². The predicted molar refractivity (Wildman–Crippen MR) is 36.0 cm³/mol. The Morgan fingerprint density at radius 2 is 2.42 bits per heavy atom. The smallest absolute Gasteiger partial charge is 0.238 e. The van der Waals surface area contributed by atoms with E-state index < -0.39 is 0 Å². The lowest BCUT2D eigenvalue weighted by molar-refractivity contribution is 0.441. The molecule has 62 valence electrons. The molecule has 7 heteroatoms. The van der Waals surface area contributed by atoms with Crippen LogP contribution in [0.3, 0.4) is 0 Å². The third-order valence-electron chi connectivity index (χ3n) is 1.26. The molecule has 0 atom stereocenters. The van der Waals surface area contributed by atoms with E-state index >= 15 is 0 Å². The van der Waals surface area contributed by atoms with E-state index in [-0.39, 0.29) is 0 Å². The lowest BCUT2D eigenvalue weighted by Gasteiger charge is -1.90. The first-order valence-electron chi connectivity index (χ1n) is 3.34. The first kappa shape index (κ1) is 6.89. The summed E-state index contributed by atoms with van der Waals surface area (Å²) in [6.07, 6.45) is 1.49. The summed E-state index contributed by atoms with van der Waals surface area (Å²) in [5.41, 5.74) is 0. The summed E-state index contributed by atoms with van der Waals surface area (Å²) in [5.74, 6) is 1.04. The van der Waals surface area contributed by atoms with Crippen molar-refractivity contribution in [2.24, 2.45) is 0 Å². The van der Waals surface area contributed by atoms with Crippen molar-refractivity contribution in [3.05, 3.63) is 18.1 Å². The summed E-state index contributed by atoms with van der Waals surface area (Å²) in [6.45, 7) is 2.14. The molecule has 0 bridgehead atoms. The molecular weight excluding hydrogens is 160 g/mol. The SMILES string of the molecule is Cc1nnc(Cn2cnnn2)o1. The zero-order valence-corrected chi connectivity index (χ0v) is 6.38. The maximum Gasteiger partial charge on any atom is 0.238 e. The number of nitrogens with zero attached hydrogens (tertiary/aromatic N) is 6. The fourth-order valence-electron chi connectivity index (χ4n) is 0.793. The summed E-state index contributed by atoms with van der Waals surface area (Å²) in [5, 5.41) is 18.0. The highest BCUT2D eigenvalue weighted by Crippen LogP contribution is 1.98. The molecule has 12 heavy (non-hydrogen) atoms. The van der Waals surface area contributed by atoms with Gasteiger partial charge in [-0.05, 0) is 10.4 Å². The van der Waals surface area contributed by atoms with Crippen molar-refractivity contribution in [1.82, 2.24) is 30.4 Å². The van der Waals surface area contributed by atoms with Gasteiger partial charge in [0.1, 0.15) is 12.9 Å². The molecule has 0 saturated carbocycles. The average Bonchev–Trinajstić information content (AvgIpc) is 2.63. The highest BCUT2D eigenvalue weighted by atomic mass is 16.4. The number of aromatic nitrogens is 6. The first-order chi connectivity index (χ1) is 5.84. The van der Waals surface area contributed by atoms with Crippen LogP contribution < -0.4 is 0 Å². The maximum atomic E-state index is 5.12. The summed E-state index contributed by atoms with van der Waals surface area (Å²) in [7, 11) is 0. The predicted octanol–water partition coefficient (Wildman–Crippen LogP) is -0.587. The molecule has 0 unspecified atom stereocenters. The van der Waals surface area contributed by atoms with Crippen molar-refractivity contribution in [1.29, 1.82) is 0 Å². The van der Waals surface area contributed by atoms with Crippen LogP contribution >= 0.6 is 0 Å². The second-order valence-electron chi connectivity index (χ2n) is 2.22. The number of hydrogen-bond acceptors (Lipinski definition) is 6. The highest BCUT2D eigenvalue weighted by Gasteiger charge is 2.02. The lowest BCUT2D eigenvalue weighted by Crippen LogP contribution is -2.00. The van der Waals surface area contributed by atoms with Crippen LogP contribution in [-0.2, 0) is 6.54 Å². The highest BCUT2D eigenvalue weighted by molar-refractivity contribution is 4.78. The molecule has 0 amide bonds. The minimum atomic E-state index is 0.411. The van der Waals surface area contributed by atoms with Gasteiger partial charge in [0.15, 0.2) is 0 Å². The molecule has 0 aliphatic carbocycles. The topological polar surface area (TPSA) is 82.5 Å². The third kappa shape index (κ3) is 1.29. The monoisotopic (exact) mass is 166 g/mol. The molecule has 0 aliphatic heterocycles. The van der Waals surface area contributed by atoms with E-state index in [1.807, 2.05) is 0 Å². The number of aryl methyl sites for hydroxylation is 1. The van der Waals surface area contributed by atoms with Gasteiger partial charge in [-0.3, -0.25) is 0 Å². The van der Waals surface area contributed by atoms with Crippen LogP contribution in [0.5, 0.6) is 0 Å². The maximum absolute atomic E-state index is 5.12. The fourth-order valence-corrected chi connectivity index (χ4v) is 0.793. The van der Waals surface area contributed by atoms with Gasteiger partial charge in [-0.15, -0.1) is 15.3 Å². The molecule has 0 radical (unpaired) electrons. The van der Waals surface area contributed by atoms with Gasteiger partial charge in [-0.25, -0.2) is 4.68 Å². The Balaban J connectivity index is 2.14. The molecule has 0 aromatic carbocycles. The first-order valence-corrected chi connectivity index (χ1v) is 3.34. The van der Waals surface area contributed by atoms with Crippen molar-refractivity contribution in [2.75, 3.05) is 0 Å². The Bertz CT molecular complexity index is 352. The second kappa shape index (κ2) is 2.68. The molecule has 2 aromatic heterocycles.